The molecule has 2 aromatic rings. The highest BCUT2D eigenvalue weighted by Crippen LogP contribution is 2.44. The number of carboxylic acids is 1. The van der Waals surface area contributed by atoms with Crippen molar-refractivity contribution in [3.05, 3.63) is 59.7 Å². The molecule has 0 bridgehead atoms. The Morgan fingerprint density at radius 2 is 1.61 bits per heavy atom. The normalized spacial score (nSPS) is 14.0. The average Bonchev–Trinajstić information content (AvgIpc) is 3.13. The number of nitrogens with one attached hydrogen (secondary N) is 2. The molecule has 1 aliphatic carbocycles. The van der Waals surface area contributed by atoms with E-state index in [1.807, 2.05) is 38.1 Å². The van der Waals surface area contributed by atoms with E-state index < -0.39 is 18.1 Å². The van der Waals surface area contributed by atoms with Gasteiger partial charge in [-0.1, -0.05) is 68.8 Å². The minimum Gasteiger partial charge on any atom is -0.481 e. The van der Waals surface area contributed by atoms with Crippen LogP contribution in [0.5, 0.6) is 0 Å². The average molecular weight is 453 g/mol. The van der Waals surface area contributed by atoms with Crippen molar-refractivity contribution in [3.8, 4) is 11.1 Å². The summed E-state index contributed by atoms with van der Waals surface area (Å²) < 4.78 is 5.56. The molecule has 0 radical (unpaired) electrons. The van der Waals surface area contributed by atoms with Crippen LogP contribution in [0.25, 0.3) is 11.1 Å². The maximum atomic E-state index is 12.6. The van der Waals surface area contributed by atoms with Crippen LogP contribution in [0.15, 0.2) is 48.5 Å². The number of hydrogen-bond donors (Lipinski definition) is 3. The number of ether oxygens (including phenoxy) is 1. The summed E-state index contributed by atoms with van der Waals surface area (Å²) >= 11 is 0. The molecule has 0 saturated heterocycles. The van der Waals surface area contributed by atoms with Crippen LogP contribution >= 0.6 is 0 Å². The standard InChI is InChI=1S/C26H32N2O5/c1-3-8-23(25(31)27-15-17(2)13-14-24(29)30)28-26(32)33-16-22-20-11-6-4-9-18(20)19-10-5-7-12-21(19)22/h4-7,9-12,17,22-23H,3,8,13-16H2,1-2H3,(H,27,31)(H,28,32)(H,29,30). The van der Waals surface area contributed by atoms with Crippen LogP contribution < -0.4 is 10.6 Å². The summed E-state index contributed by atoms with van der Waals surface area (Å²) in [5.41, 5.74) is 4.57. The van der Waals surface area contributed by atoms with Crippen molar-refractivity contribution in [2.45, 2.75) is 51.5 Å². The summed E-state index contributed by atoms with van der Waals surface area (Å²) in [5, 5.41) is 14.3. The van der Waals surface area contributed by atoms with Gasteiger partial charge in [0.2, 0.25) is 5.91 Å². The predicted octanol–water partition coefficient (Wildman–Crippen LogP) is 4.31. The number of aliphatic carboxylic acids is 1. The molecule has 33 heavy (non-hydrogen) atoms. The van der Waals surface area contributed by atoms with E-state index in [4.69, 9.17) is 9.84 Å². The van der Waals surface area contributed by atoms with E-state index in [2.05, 4.69) is 34.9 Å². The lowest BCUT2D eigenvalue weighted by Gasteiger charge is -2.20. The van der Waals surface area contributed by atoms with E-state index in [1.165, 1.54) is 0 Å². The third kappa shape index (κ3) is 6.34. The van der Waals surface area contributed by atoms with Crippen LogP contribution in [-0.4, -0.2) is 42.3 Å². The summed E-state index contributed by atoms with van der Waals surface area (Å²) in [6, 6.07) is 15.5. The number of rotatable bonds is 11. The highest BCUT2D eigenvalue weighted by molar-refractivity contribution is 5.85. The first-order chi connectivity index (χ1) is 15.9. The fraction of sp³-hybridized carbons (Fsp3) is 0.423. The second kappa shape index (κ2) is 11.5. The van der Waals surface area contributed by atoms with Crippen molar-refractivity contribution in [1.82, 2.24) is 10.6 Å². The van der Waals surface area contributed by atoms with Crippen molar-refractivity contribution in [3.63, 3.8) is 0 Å². The van der Waals surface area contributed by atoms with Gasteiger partial charge in [-0.3, -0.25) is 9.59 Å². The van der Waals surface area contributed by atoms with Crippen molar-refractivity contribution in [2.75, 3.05) is 13.2 Å². The Bertz CT molecular complexity index is 945. The SMILES string of the molecule is CCCC(NC(=O)OCC1c2ccccc2-c2ccccc21)C(=O)NCC(C)CCC(=O)O. The molecule has 2 atom stereocenters. The molecule has 3 rings (SSSR count). The summed E-state index contributed by atoms with van der Waals surface area (Å²) in [6.07, 6.45) is 1.13. The van der Waals surface area contributed by atoms with Crippen LogP contribution in [0.3, 0.4) is 0 Å². The molecule has 3 N–H and O–H groups in total. The van der Waals surface area contributed by atoms with Crippen molar-refractivity contribution < 1.29 is 24.2 Å². The zero-order valence-corrected chi connectivity index (χ0v) is 19.2. The Kier molecular flexibility index (Phi) is 8.46. The topological polar surface area (TPSA) is 105 Å². The summed E-state index contributed by atoms with van der Waals surface area (Å²) in [4.78, 5) is 35.9. The van der Waals surface area contributed by atoms with Gasteiger partial charge in [0.1, 0.15) is 12.6 Å². The number of benzene rings is 2. The van der Waals surface area contributed by atoms with Gasteiger partial charge in [-0.05, 0) is 41.0 Å². The van der Waals surface area contributed by atoms with Crippen LogP contribution in [-0.2, 0) is 14.3 Å². The minimum absolute atomic E-state index is 0.0294. The molecule has 7 heteroatoms. The van der Waals surface area contributed by atoms with E-state index in [0.29, 0.717) is 19.4 Å². The molecule has 0 saturated carbocycles. The van der Waals surface area contributed by atoms with E-state index in [0.717, 1.165) is 28.7 Å². The van der Waals surface area contributed by atoms with Gasteiger partial charge in [0.15, 0.2) is 0 Å². The number of fused-ring (bicyclic) bond motifs is 3. The smallest absolute Gasteiger partial charge is 0.407 e. The zero-order valence-electron chi connectivity index (χ0n) is 19.2. The number of carboxylic acid groups (broad SMARTS) is 1. The minimum atomic E-state index is -0.853. The molecule has 0 aliphatic heterocycles. The van der Waals surface area contributed by atoms with Gasteiger partial charge in [-0.2, -0.15) is 0 Å². The van der Waals surface area contributed by atoms with Gasteiger partial charge in [-0.25, -0.2) is 4.79 Å². The Balaban J connectivity index is 1.55. The first-order valence-corrected chi connectivity index (χ1v) is 11.5. The second-order valence-corrected chi connectivity index (χ2v) is 8.59. The predicted molar refractivity (Wildman–Crippen MR) is 126 cm³/mol. The Labute approximate surface area is 194 Å². The molecule has 0 aromatic heterocycles. The van der Waals surface area contributed by atoms with E-state index in [-0.39, 0.29) is 30.8 Å². The number of alkyl carbamates (subject to hydrolysis) is 1. The highest BCUT2D eigenvalue weighted by atomic mass is 16.5. The Morgan fingerprint density at radius 3 is 2.18 bits per heavy atom. The van der Waals surface area contributed by atoms with Gasteiger partial charge in [0.25, 0.3) is 0 Å². The first-order valence-electron chi connectivity index (χ1n) is 11.5. The van der Waals surface area contributed by atoms with Gasteiger partial charge < -0.3 is 20.5 Å². The third-order valence-electron chi connectivity index (χ3n) is 6.01. The Hall–Kier alpha value is -3.35. The molecule has 0 heterocycles. The van der Waals surface area contributed by atoms with Crippen LogP contribution in [0, 0.1) is 5.92 Å². The maximum Gasteiger partial charge on any atom is 0.407 e. The van der Waals surface area contributed by atoms with Crippen molar-refractivity contribution >= 4 is 18.0 Å². The monoisotopic (exact) mass is 452 g/mol. The fourth-order valence-corrected chi connectivity index (χ4v) is 4.21. The van der Waals surface area contributed by atoms with Crippen LogP contribution in [0.4, 0.5) is 4.79 Å². The lowest BCUT2D eigenvalue weighted by atomic mass is 9.98. The molecular formula is C26H32N2O5. The molecule has 1 aliphatic rings. The van der Waals surface area contributed by atoms with E-state index in [1.54, 1.807) is 0 Å². The third-order valence-corrected chi connectivity index (χ3v) is 6.01. The molecule has 0 spiro atoms. The summed E-state index contributed by atoms with van der Waals surface area (Å²) in [5.74, 6) is -1.15. The lowest BCUT2D eigenvalue weighted by Crippen LogP contribution is -2.47. The molecule has 2 amide bonds. The largest absolute Gasteiger partial charge is 0.481 e. The molecule has 7 nitrogen and oxygen atoms in total. The maximum absolute atomic E-state index is 12.6. The van der Waals surface area contributed by atoms with E-state index >= 15 is 0 Å². The number of carbonyl (C=O) groups excluding carboxylic acids is 2. The molecule has 0 fully saturated rings. The molecular weight excluding hydrogens is 420 g/mol. The summed E-state index contributed by atoms with van der Waals surface area (Å²) in [6.45, 7) is 4.37. The quantitative estimate of drug-likeness (QED) is 0.471. The first kappa shape index (κ1) is 24.3. The van der Waals surface area contributed by atoms with Crippen molar-refractivity contribution in [1.29, 1.82) is 0 Å². The Morgan fingerprint density at radius 1 is 1.00 bits per heavy atom. The van der Waals surface area contributed by atoms with Gasteiger partial charge >= 0.3 is 12.1 Å². The highest BCUT2D eigenvalue weighted by Gasteiger charge is 2.29. The zero-order chi connectivity index (χ0) is 23.8. The number of hydrogen-bond acceptors (Lipinski definition) is 4. The lowest BCUT2D eigenvalue weighted by molar-refractivity contribution is -0.137. The van der Waals surface area contributed by atoms with Crippen LogP contribution in [0.2, 0.25) is 0 Å². The molecule has 176 valence electrons. The van der Waals surface area contributed by atoms with Gasteiger partial charge in [0.05, 0.1) is 0 Å². The molecule has 2 unspecified atom stereocenters. The molecule has 2 aromatic carbocycles. The van der Waals surface area contributed by atoms with Gasteiger partial charge in [0, 0.05) is 18.9 Å². The van der Waals surface area contributed by atoms with Crippen LogP contribution in [0.1, 0.15) is 56.6 Å². The van der Waals surface area contributed by atoms with Gasteiger partial charge in [-0.15, -0.1) is 0 Å². The fourth-order valence-electron chi connectivity index (χ4n) is 4.21. The second-order valence-electron chi connectivity index (χ2n) is 8.59. The number of amides is 2. The summed E-state index contributed by atoms with van der Waals surface area (Å²) in [7, 11) is 0. The van der Waals surface area contributed by atoms with E-state index in [9.17, 15) is 14.4 Å². The van der Waals surface area contributed by atoms with Crippen molar-refractivity contribution in [2.24, 2.45) is 5.92 Å². The number of carbonyl (C=O) groups is 3.